The molecular formula is C12H18N2O2S. The first-order chi connectivity index (χ1) is 8.29. The molecule has 2 rings (SSSR count). The lowest BCUT2D eigenvalue weighted by Crippen LogP contribution is -2.11. The van der Waals surface area contributed by atoms with Crippen LogP contribution in [0, 0.1) is 5.92 Å². The second-order valence-electron chi connectivity index (χ2n) is 4.29. The summed E-state index contributed by atoms with van der Waals surface area (Å²) in [5, 5.41) is 5.87. The summed E-state index contributed by atoms with van der Waals surface area (Å²) in [6, 6.07) is 0. The molecule has 0 bridgehead atoms. The summed E-state index contributed by atoms with van der Waals surface area (Å²) in [6.07, 6.45) is 5.31. The van der Waals surface area contributed by atoms with E-state index in [9.17, 15) is 4.79 Å². The van der Waals surface area contributed by atoms with E-state index >= 15 is 0 Å². The zero-order valence-electron chi connectivity index (χ0n) is 10.1. The lowest BCUT2D eigenvalue weighted by molar-refractivity contribution is 0.0520. The van der Waals surface area contributed by atoms with Crippen LogP contribution >= 0.6 is 11.3 Å². The number of carbonyl (C=O) groups is 1. The molecule has 1 aliphatic carbocycles. The second-order valence-corrected chi connectivity index (χ2v) is 5.15. The van der Waals surface area contributed by atoms with Gasteiger partial charge in [0.25, 0.3) is 0 Å². The molecule has 1 aliphatic rings. The lowest BCUT2D eigenvalue weighted by Gasteiger charge is -2.08. The third-order valence-electron chi connectivity index (χ3n) is 3.01. The number of hydrogen-bond donors (Lipinski definition) is 1. The van der Waals surface area contributed by atoms with Gasteiger partial charge in [-0.3, -0.25) is 0 Å². The van der Waals surface area contributed by atoms with Gasteiger partial charge in [0.05, 0.1) is 6.61 Å². The van der Waals surface area contributed by atoms with E-state index in [1.165, 1.54) is 37.0 Å². The van der Waals surface area contributed by atoms with Gasteiger partial charge in [-0.15, -0.1) is 11.3 Å². The Kier molecular flexibility index (Phi) is 4.36. The third-order valence-corrected chi connectivity index (χ3v) is 3.81. The average molecular weight is 254 g/mol. The molecule has 0 aromatic carbocycles. The normalized spacial score (nSPS) is 16.1. The minimum Gasteiger partial charge on any atom is -0.461 e. The minimum atomic E-state index is -0.335. The second kappa shape index (κ2) is 6.00. The van der Waals surface area contributed by atoms with Crippen molar-refractivity contribution in [2.24, 2.45) is 5.92 Å². The maximum atomic E-state index is 11.4. The Morgan fingerprint density at radius 1 is 1.59 bits per heavy atom. The molecule has 0 spiro atoms. The summed E-state index contributed by atoms with van der Waals surface area (Å²) >= 11 is 1.46. The van der Waals surface area contributed by atoms with Crippen molar-refractivity contribution in [3.05, 3.63) is 11.1 Å². The van der Waals surface area contributed by atoms with Gasteiger partial charge in [0.15, 0.2) is 10.8 Å². The van der Waals surface area contributed by atoms with Crippen LogP contribution in [0.25, 0.3) is 0 Å². The van der Waals surface area contributed by atoms with Crippen molar-refractivity contribution in [1.82, 2.24) is 4.98 Å². The fraction of sp³-hybridized carbons (Fsp3) is 0.667. The molecule has 1 aromatic heterocycles. The van der Waals surface area contributed by atoms with E-state index in [-0.39, 0.29) is 5.97 Å². The fourth-order valence-electron chi connectivity index (χ4n) is 2.10. The summed E-state index contributed by atoms with van der Waals surface area (Å²) in [6.45, 7) is 3.15. The molecule has 0 aliphatic heterocycles. The minimum absolute atomic E-state index is 0.335. The number of ether oxygens (including phenoxy) is 1. The molecule has 17 heavy (non-hydrogen) atoms. The zero-order chi connectivity index (χ0) is 12.1. The Bertz CT molecular complexity index is 372. The van der Waals surface area contributed by atoms with Gasteiger partial charge < -0.3 is 10.1 Å². The van der Waals surface area contributed by atoms with Crippen molar-refractivity contribution in [2.45, 2.75) is 32.6 Å². The van der Waals surface area contributed by atoms with Crippen LogP contribution in [0.4, 0.5) is 5.13 Å². The van der Waals surface area contributed by atoms with Gasteiger partial charge in [0.1, 0.15) is 0 Å². The summed E-state index contributed by atoms with van der Waals surface area (Å²) < 4.78 is 4.90. The van der Waals surface area contributed by atoms with Crippen LogP contribution in [0.2, 0.25) is 0 Å². The number of aromatic nitrogens is 1. The first kappa shape index (κ1) is 12.4. The molecule has 94 valence electrons. The average Bonchev–Trinajstić information content (AvgIpc) is 2.98. The van der Waals surface area contributed by atoms with Crippen molar-refractivity contribution >= 4 is 22.4 Å². The summed E-state index contributed by atoms with van der Waals surface area (Å²) in [7, 11) is 0. The van der Waals surface area contributed by atoms with Crippen LogP contribution in [-0.2, 0) is 4.74 Å². The SMILES string of the molecule is CCOC(=O)c1csc(NCC2CCCC2)n1. The van der Waals surface area contributed by atoms with E-state index < -0.39 is 0 Å². The van der Waals surface area contributed by atoms with Crippen LogP contribution in [0.1, 0.15) is 43.1 Å². The van der Waals surface area contributed by atoms with Gasteiger partial charge in [0, 0.05) is 11.9 Å². The fourth-order valence-corrected chi connectivity index (χ4v) is 2.79. The van der Waals surface area contributed by atoms with Gasteiger partial charge in [-0.05, 0) is 25.7 Å². The highest BCUT2D eigenvalue weighted by molar-refractivity contribution is 7.13. The first-order valence-electron chi connectivity index (χ1n) is 6.16. The van der Waals surface area contributed by atoms with Crippen molar-refractivity contribution < 1.29 is 9.53 Å². The Labute approximate surface area is 105 Å². The van der Waals surface area contributed by atoms with E-state index in [1.54, 1.807) is 12.3 Å². The number of esters is 1. The highest BCUT2D eigenvalue weighted by Crippen LogP contribution is 2.25. The molecule has 5 heteroatoms. The summed E-state index contributed by atoms with van der Waals surface area (Å²) in [4.78, 5) is 15.6. The largest absolute Gasteiger partial charge is 0.461 e. The van der Waals surface area contributed by atoms with Crippen LogP contribution in [0.3, 0.4) is 0 Å². The molecule has 1 aromatic rings. The van der Waals surface area contributed by atoms with E-state index in [4.69, 9.17) is 4.74 Å². The number of nitrogens with one attached hydrogen (secondary N) is 1. The Balaban J connectivity index is 1.83. The number of anilines is 1. The topological polar surface area (TPSA) is 51.2 Å². The molecule has 0 saturated heterocycles. The van der Waals surface area contributed by atoms with E-state index in [0.717, 1.165) is 17.6 Å². The van der Waals surface area contributed by atoms with Crippen molar-refractivity contribution in [3.8, 4) is 0 Å². The van der Waals surface area contributed by atoms with E-state index in [0.29, 0.717) is 12.3 Å². The monoisotopic (exact) mass is 254 g/mol. The van der Waals surface area contributed by atoms with Crippen molar-refractivity contribution in [2.75, 3.05) is 18.5 Å². The van der Waals surface area contributed by atoms with Crippen molar-refractivity contribution in [3.63, 3.8) is 0 Å². The van der Waals surface area contributed by atoms with Gasteiger partial charge in [-0.25, -0.2) is 9.78 Å². The predicted octanol–water partition coefficient (Wildman–Crippen LogP) is 2.92. The smallest absolute Gasteiger partial charge is 0.357 e. The number of thiazole rings is 1. The van der Waals surface area contributed by atoms with Crippen LogP contribution in [0.5, 0.6) is 0 Å². The van der Waals surface area contributed by atoms with E-state index in [2.05, 4.69) is 10.3 Å². The maximum Gasteiger partial charge on any atom is 0.357 e. The standard InChI is InChI=1S/C12H18N2O2S/c1-2-16-11(15)10-8-17-12(14-10)13-7-9-5-3-4-6-9/h8-9H,2-7H2,1H3,(H,13,14). The number of nitrogens with zero attached hydrogens (tertiary/aromatic N) is 1. The van der Waals surface area contributed by atoms with Gasteiger partial charge in [0.2, 0.25) is 0 Å². The molecule has 0 radical (unpaired) electrons. The maximum absolute atomic E-state index is 11.4. The number of rotatable bonds is 5. The molecule has 1 heterocycles. The van der Waals surface area contributed by atoms with E-state index in [1.807, 2.05) is 0 Å². The zero-order valence-corrected chi connectivity index (χ0v) is 10.9. The highest BCUT2D eigenvalue weighted by atomic mass is 32.1. The first-order valence-corrected chi connectivity index (χ1v) is 7.04. The quantitative estimate of drug-likeness (QED) is 0.821. The number of carbonyl (C=O) groups excluding carboxylic acids is 1. The molecular weight excluding hydrogens is 236 g/mol. The Morgan fingerprint density at radius 2 is 2.35 bits per heavy atom. The van der Waals surface area contributed by atoms with Crippen LogP contribution in [0.15, 0.2) is 5.38 Å². The molecule has 0 unspecified atom stereocenters. The van der Waals surface area contributed by atoms with Crippen LogP contribution in [-0.4, -0.2) is 24.1 Å². The highest BCUT2D eigenvalue weighted by Gasteiger charge is 2.16. The number of hydrogen-bond acceptors (Lipinski definition) is 5. The molecule has 1 N–H and O–H groups in total. The summed E-state index contributed by atoms with van der Waals surface area (Å²) in [5.74, 6) is 0.433. The third kappa shape index (κ3) is 3.43. The molecule has 1 saturated carbocycles. The molecule has 4 nitrogen and oxygen atoms in total. The lowest BCUT2D eigenvalue weighted by atomic mass is 10.1. The van der Waals surface area contributed by atoms with Gasteiger partial charge in [-0.2, -0.15) is 0 Å². The predicted molar refractivity (Wildman–Crippen MR) is 68.5 cm³/mol. The summed E-state index contributed by atoms with van der Waals surface area (Å²) in [5.41, 5.74) is 0.408. The molecule has 0 atom stereocenters. The van der Waals surface area contributed by atoms with Crippen molar-refractivity contribution in [1.29, 1.82) is 0 Å². The van der Waals surface area contributed by atoms with Gasteiger partial charge in [-0.1, -0.05) is 12.8 Å². The molecule has 1 fully saturated rings. The van der Waals surface area contributed by atoms with Gasteiger partial charge >= 0.3 is 5.97 Å². The molecule has 0 amide bonds. The van der Waals surface area contributed by atoms with Crippen LogP contribution < -0.4 is 5.32 Å². The Morgan fingerprint density at radius 3 is 3.06 bits per heavy atom. The Hall–Kier alpha value is -1.10.